The standard InChI is InChI=1S/C23H21N3.C2H6O/c1-17(18-10-4-2-5-11-18)24-23-16-22(19-12-6-3-7-13-19)25-20-14-8-9-15-21(20)26-23;1-2-3/h2-15,17H,16H2,1H3,(H,24,26);3H,2H2,1H3. The number of nitrogens with one attached hydrogen (secondary N) is 1. The molecule has 4 nitrogen and oxygen atoms in total. The van der Waals surface area contributed by atoms with Crippen LogP contribution in [-0.4, -0.2) is 23.3 Å². The summed E-state index contributed by atoms with van der Waals surface area (Å²) >= 11 is 0. The van der Waals surface area contributed by atoms with Crippen molar-refractivity contribution in [3.05, 3.63) is 96.1 Å². The molecule has 4 rings (SSSR count). The topological polar surface area (TPSA) is 57.0 Å². The van der Waals surface area contributed by atoms with E-state index in [0.29, 0.717) is 6.42 Å². The maximum Gasteiger partial charge on any atom is 0.108 e. The van der Waals surface area contributed by atoms with Gasteiger partial charge in [0.25, 0.3) is 0 Å². The molecule has 1 unspecified atom stereocenters. The molecule has 4 heteroatoms. The summed E-state index contributed by atoms with van der Waals surface area (Å²) in [5.74, 6) is 0.939. The van der Waals surface area contributed by atoms with Gasteiger partial charge in [-0.15, -0.1) is 0 Å². The molecule has 0 bridgehead atoms. The average Bonchev–Trinajstić information content (AvgIpc) is 2.94. The summed E-state index contributed by atoms with van der Waals surface area (Å²) in [7, 11) is 0. The Bertz CT molecular complexity index is 966. The van der Waals surface area contributed by atoms with Gasteiger partial charge in [-0.25, -0.2) is 0 Å². The van der Waals surface area contributed by atoms with Crippen LogP contribution in [0.15, 0.2) is 94.9 Å². The maximum absolute atomic E-state index is 7.57. The van der Waals surface area contributed by atoms with Gasteiger partial charge in [-0.1, -0.05) is 72.8 Å². The third-order valence-corrected chi connectivity index (χ3v) is 4.51. The van der Waals surface area contributed by atoms with Crippen molar-refractivity contribution in [2.45, 2.75) is 26.3 Å². The Hall–Kier alpha value is -3.24. The zero-order valence-electron chi connectivity index (χ0n) is 16.9. The molecular weight excluding hydrogens is 358 g/mol. The molecule has 0 aromatic heterocycles. The van der Waals surface area contributed by atoms with Crippen LogP contribution >= 0.6 is 0 Å². The lowest BCUT2D eigenvalue weighted by atomic mass is 10.1. The first-order valence-electron chi connectivity index (χ1n) is 9.92. The van der Waals surface area contributed by atoms with Gasteiger partial charge in [-0.3, -0.25) is 9.98 Å². The highest BCUT2D eigenvalue weighted by Crippen LogP contribution is 2.29. The number of hydrogen-bond donors (Lipinski definition) is 2. The number of hydrogen-bond acceptors (Lipinski definition) is 3. The molecule has 0 fully saturated rings. The molecule has 0 saturated heterocycles. The van der Waals surface area contributed by atoms with Crippen LogP contribution in [0.25, 0.3) is 0 Å². The van der Waals surface area contributed by atoms with E-state index in [1.807, 2.05) is 42.5 Å². The fraction of sp³-hybridized carbons (Fsp3) is 0.200. The molecule has 0 radical (unpaired) electrons. The Morgan fingerprint density at radius 2 is 1.52 bits per heavy atom. The normalized spacial score (nSPS) is 15.1. The van der Waals surface area contributed by atoms with E-state index >= 15 is 0 Å². The lowest BCUT2D eigenvalue weighted by Crippen LogP contribution is -2.17. The van der Waals surface area contributed by atoms with Crippen molar-refractivity contribution in [3.63, 3.8) is 0 Å². The lowest BCUT2D eigenvalue weighted by molar-refractivity contribution is 0.318. The molecule has 1 atom stereocenters. The number of nitrogens with zero attached hydrogens (tertiary/aromatic N) is 2. The van der Waals surface area contributed by atoms with Crippen LogP contribution in [0.5, 0.6) is 0 Å². The van der Waals surface area contributed by atoms with Gasteiger partial charge in [-0.05, 0) is 37.1 Å². The number of aliphatic hydroxyl groups is 1. The van der Waals surface area contributed by atoms with Gasteiger partial charge in [-0.2, -0.15) is 0 Å². The minimum atomic E-state index is 0.0842. The van der Waals surface area contributed by atoms with Crippen molar-refractivity contribution in [2.75, 3.05) is 11.9 Å². The van der Waals surface area contributed by atoms with E-state index in [4.69, 9.17) is 15.1 Å². The second-order valence-electron chi connectivity index (χ2n) is 6.72. The van der Waals surface area contributed by atoms with E-state index in [1.165, 1.54) is 5.56 Å². The summed E-state index contributed by atoms with van der Waals surface area (Å²) in [5.41, 5.74) is 5.31. The number of benzene rings is 3. The number of fused-ring (bicyclic) bond motifs is 1. The van der Waals surface area contributed by atoms with Gasteiger partial charge in [0.15, 0.2) is 0 Å². The third kappa shape index (κ3) is 5.62. The molecule has 3 aromatic carbocycles. The highest BCUT2D eigenvalue weighted by Gasteiger charge is 2.16. The van der Waals surface area contributed by atoms with E-state index in [0.717, 1.165) is 28.5 Å². The van der Waals surface area contributed by atoms with Gasteiger partial charge in [0.2, 0.25) is 0 Å². The van der Waals surface area contributed by atoms with Gasteiger partial charge in [0.1, 0.15) is 5.84 Å². The van der Waals surface area contributed by atoms with Crippen LogP contribution in [-0.2, 0) is 0 Å². The second-order valence-corrected chi connectivity index (χ2v) is 6.72. The van der Waals surface area contributed by atoms with Gasteiger partial charge >= 0.3 is 0 Å². The quantitative estimate of drug-likeness (QED) is 0.600. The Morgan fingerprint density at radius 1 is 0.931 bits per heavy atom. The van der Waals surface area contributed by atoms with E-state index in [9.17, 15) is 0 Å². The summed E-state index contributed by atoms with van der Waals surface area (Å²) in [6.07, 6.45) is 0.676. The van der Waals surface area contributed by atoms with Crippen molar-refractivity contribution >= 4 is 22.9 Å². The Labute approximate surface area is 172 Å². The van der Waals surface area contributed by atoms with Crippen LogP contribution in [0.1, 0.15) is 37.4 Å². The molecule has 3 aromatic rings. The van der Waals surface area contributed by atoms with Crippen molar-refractivity contribution in [3.8, 4) is 0 Å². The lowest BCUT2D eigenvalue weighted by Gasteiger charge is -2.13. The van der Waals surface area contributed by atoms with Gasteiger partial charge < -0.3 is 10.4 Å². The maximum atomic E-state index is 7.57. The molecule has 29 heavy (non-hydrogen) atoms. The van der Waals surface area contributed by atoms with Gasteiger partial charge in [0.05, 0.1) is 23.1 Å². The highest BCUT2D eigenvalue weighted by atomic mass is 16.2. The number of anilines is 1. The number of para-hydroxylation sites is 2. The summed E-state index contributed by atoms with van der Waals surface area (Å²) in [6, 6.07) is 28.9. The molecule has 148 valence electrons. The Morgan fingerprint density at radius 3 is 2.21 bits per heavy atom. The van der Waals surface area contributed by atoms with Crippen LogP contribution in [0, 0.1) is 0 Å². The Balaban J connectivity index is 0.000000755. The fourth-order valence-electron chi connectivity index (χ4n) is 3.13. The van der Waals surface area contributed by atoms with E-state index in [2.05, 4.69) is 54.7 Å². The summed E-state index contributed by atoms with van der Waals surface area (Å²) in [6.45, 7) is 4.06. The number of aliphatic imine (C=N–C) groups is 2. The van der Waals surface area contributed by atoms with E-state index in [-0.39, 0.29) is 12.6 Å². The predicted molar refractivity (Wildman–Crippen MR) is 122 cm³/mol. The second kappa shape index (κ2) is 10.3. The summed E-state index contributed by atoms with van der Waals surface area (Å²) in [5, 5.41) is 11.1. The summed E-state index contributed by atoms with van der Waals surface area (Å²) in [4.78, 5) is 9.88. The molecule has 0 amide bonds. The molecule has 0 aliphatic carbocycles. The predicted octanol–water partition coefficient (Wildman–Crippen LogP) is 5.78. The third-order valence-electron chi connectivity index (χ3n) is 4.51. The van der Waals surface area contributed by atoms with Crippen LogP contribution in [0.4, 0.5) is 11.4 Å². The highest BCUT2D eigenvalue weighted by molar-refractivity contribution is 6.18. The molecule has 2 N–H and O–H groups in total. The van der Waals surface area contributed by atoms with Crippen LogP contribution in [0.3, 0.4) is 0 Å². The molecule has 0 spiro atoms. The smallest absolute Gasteiger partial charge is 0.108 e. The zero-order valence-corrected chi connectivity index (χ0v) is 16.9. The zero-order chi connectivity index (χ0) is 20.5. The van der Waals surface area contributed by atoms with Crippen molar-refractivity contribution in [1.29, 1.82) is 0 Å². The number of aliphatic hydroxyl groups excluding tert-OH is 1. The van der Waals surface area contributed by atoms with E-state index < -0.39 is 0 Å². The van der Waals surface area contributed by atoms with Crippen LogP contribution < -0.4 is 5.32 Å². The van der Waals surface area contributed by atoms with Gasteiger partial charge in [0, 0.05) is 13.0 Å². The van der Waals surface area contributed by atoms with Crippen LogP contribution in [0.2, 0.25) is 0 Å². The molecule has 1 heterocycles. The summed E-state index contributed by atoms with van der Waals surface area (Å²) < 4.78 is 0. The van der Waals surface area contributed by atoms with E-state index in [1.54, 1.807) is 6.92 Å². The molecule has 0 saturated carbocycles. The number of rotatable bonds is 3. The first-order valence-corrected chi connectivity index (χ1v) is 9.92. The average molecular weight is 386 g/mol. The first-order chi connectivity index (χ1) is 14.2. The van der Waals surface area contributed by atoms with Crippen molar-refractivity contribution < 1.29 is 5.11 Å². The van der Waals surface area contributed by atoms with Crippen molar-refractivity contribution in [2.24, 2.45) is 9.98 Å². The van der Waals surface area contributed by atoms with Crippen molar-refractivity contribution in [1.82, 2.24) is 0 Å². The molecule has 1 aliphatic rings. The fourth-order valence-corrected chi connectivity index (χ4v) is 3.13. The SMILES string of the molecule is CC(N=C1CC(c2ccccc2)=Nc2ccccc2N1)c1ccccc1.CCO. The monoisotopic (exact) mass is 385 g/mol. The largest absolute Gasteiger partial charge is 0.397 e. The Kier molecular flexibility index (Phi) is 7.31. The number of amidine groups is 1. The minimum absolute atomic E-state index is 0.0842. The molecular formula is C25H27N3O. The minimum Gasteiger partial charge on any atom is -0.397 e. The molecule has 1 aliphatic heterocycles. The first kappa shape index (κ1) is 20.5.